The van der Waals surface area contributed by atoms with Gasteiger partial charge in [-0.05, 0) is 24.1 Å². The molecule has 0 spiro atoms. The SMILES string of the molecule is CC[C@@H](c1cc(OC)c(O)c(OC)c1)N1CCNCC1. The van der Waals surface area contributed by atoms with E-state index in [1.807, 2.05) is 12.1 Å². The van der Waals surface area contributed by atoms with E-state index in [0.717, 1.165) is 38.2 Å². The van der Waals surface area contributed by atoms with Gasteiger partial charge in [-0.15, -0.1) is 0 Å². The first kappa shape index (κ1) is 14.9. The normalized spacial score (nSPS) is 17.8. The number of phenolic OH excluding ortho intramolecular Hbond substituents is 1. The first-order chi connectivity index (χ1) is 9.71. The maximum absolute atomic E-state index is 10.0. The summed E-state index contributed by atoms with van der Waals surface area (Å²) in [5.41, 5.74) is 1.13. The molecule has 5 nitrogen and oxygen atoms in total. The summed E-state index contributed by atoms with van der Waals surface area (Å²) in [6.07, 6.45) is 1.01. The van der Waals surface area contributed by atoms with Crippen LogP contribution in [-0.2, 0) is 0 Å². The molecule has 20 heavy (non-hydrogen) atoms. The van der Waals surface area contributed by atoms with Gasteiger partial charge in [-0.25, -0.2) is 0 Å². The summed E-state index contributed by atoms with van der Waals surface area (Å²) >= 11 is 0. The van der Waals surface area contributed by atoms with Crippen LogP contribution in [0, 0.1) is 0 Å². The number of methoxy groups -OCH3 is 2. The summed E-state index contributed by atoms with van der Waals surface area (Å²) in [6.45, 7) is 6.28. The molecule has 2 N–H and O–H groups in total. The predicted octanol–water partition coefficient (Wildman–Crippen LogP) is 1.77. The van der Waals surface area contributed by atoms with Crippen molar-refractivity contribution < 1.29 is 14.6 Å². The average Bonchev–Trinajstić information content (AvgIpc) is 2.50. The van der Waals surface area contributed by atoms with Gasteiger partial charge in [0.25, 0.3) is 0 Å². The minimum absolute atomic E-state index is 0.0638. The molecule has 0 bridgehead atoms. The van der Waals surface area contributed by atoms with Crippen molar-refractivity contribution in [2.45, 2.75) is 19.4 Å². The predicted molar refractivity (Wildman–Crippen MR) is 78.7 cm³/mol. The lowest BCUT2D eigenvalue weighted by Crippen LogP contribution is -2.45. The molecule has 2 rings (SSSR count). The molecule has 0 saturated carbocycles. The van der Waals surface area contributed by atoms with Crippen LogP contribution in [0.2, 0.25) is 0 Å². The van der Waals surface area contributed by atoms with Crippen molar-refractivity contribution in [2.24, 2.45) is 0 Å². The Hall–Kier alpha value is -1.46. The van der Waals surface area contributed by atoms with Gasteiger partial charge in [0.05, 0.1) is 14.2 Å². The third-order valence-corrected chi connectivity index (χ3v) is 3.87. The summed E-state index contributed by atoms with van der Waals surface area (Å²) in [4.78, 5) is 2.46. The van der Waals surface area contributed by atoms with Crippen LogP contribution in [0.4, 0.5) is 0 Å². The van der Waals surface area contributed by atoms with Gasteiger partial charge in [0.1, 0.15) is 0 Å². The summed E-state index contributed by atoms with van der Waals surface area (Å²) in [5, 5.41) is 13.4. The number of aromatic hydroxyl groups is 1. The second-order valence-corrected chi connectivity index (χ2v) is 4.98. The number of hydrogen-bond acceptors (Lipinski definition) is 5. The van der Waals surface area contributed by atoms with Crippen molar-refractivity contribution in [2.75, 3.05) is 40.4 Å². The van der Waals surface area contributed by atoms with E-state index in [2.05, 4.69) is 17.1 Å². The van der Waals surface area contributed by atoms with Crippen molar-refractivity contribution in [1.29, 1.82) is 0 Å². The number of phenols is 1. The van der Waals surface area contributed by atoms with E-state index >= 15 is 0 Å². The highest BCUT2D eigenvalue weighted by molar-refractivity contribution is 5.53. The van der Waals surface area contributed by atoms with E-state index in [9.17, 15) is 5.11 Å². The molecule has 1 heterocycles. The van der Waals surface area contributed by atoms with Crippen LogP contribution >= 0.6 is 0 Å². The molecule has 0 amide bonds. The molecule has 112 valence electrons. The topological polar surface area (TPSA) is 54.0 Å². The number of ether oxygens (including phenoxy) is 2. The van der Waals surface area contributed by atoms with Crippen LogP contribution in [0.5, 0.6) is 17.2 Å². The van der Waals surface area contributed by atoms with Crippen molar-refractivity contribution in [3.8, 4) is 17.2 Å². The van der Waals surface area contributed by atoms with Crippen LogP contribution in [-0.4, -0.2) is 50.4 Å². The fraction of sp³-hybridized carbons (Fsp3) is 0.600. The van der Waals surface area contributed by atoms with Crippen LogP contribution in [0.1, 0.15) is 24.9 Å². The molecule has 1 saturated heterocycles. The van der Waals surface area contributed by atoms with E-state index < -0.39 is 0 Å². The zero-order valence-corrected chi connectivity index (χ0v) is 12.5. The minimum atomic E-state index is 0.0638. The second kappa shape index (κ2) is 6.81. The summed E-state index contributed by atoms with van der Waals surface area (Å²) in [6, 6.07) is 4.14. The molecular weight excluding hydrogens is 256 g/mol. The average molecular weight is 280 g/mol. The number of hydrogen-bond donors (Lipinski definition) is 2. The molecule has 1 aliphatic heterocycles. The lowest BCUT2D eigenvalue weighted by molar-refractivity contribution is 0.168. The highest BCUT2D eigenvalue weighted by atomic mass is 16.5. The lowest BCUT2D eigenvalue weighted by Gasteiger charge is -2.35. The molecule has 0 aromatic heterocycles. The zero-order valence-electron chi connectivity index (χ0n) is 12.5. The number of nitrogens with one attached hydrogen (secondary N) is 1. The molecule has 5 heteroatoms. The Morgan fingerprint density at radius 2 is 1.75 bits per heavy atom. The second-order valence-electron chi connectivity index (χ2n) is 4.98. The Labute approximate surface area is 120 Å². The smallest absolute Gasteiger partial charge is 0.200 e. The molecular formula is C15H24N2O3. The third kappa shape index (κ3) is 2.99. The van der Waals surface area contributed by atoms with E-state index in [4.69, 9.17) is 9.47 Å². The first-order valence-electron chi connectivity index (χ1n) is 7.10. The number of nitrogens with zero attached hydrogens (tertiary/aromatic N) is 1. The maximum Gasteiger partial charge on any atom is 0.200 e. The molecule has 1 fully saturated rings. The number of piperazine rings is 1. The van der Waals surface area contributed by atoms with Gasteiger partial charge in [-0.1, -0.05) is 6.92 Å². The standard InChI is InChI=1S/C15H24N2O3/c1-4-12(17-7-5-16-6-8-17)11-9-13(19-2)15(18)14(10-11)20-3/h9-10,12,16,18H,4-8H2,1-3H3/t12-/m0/s1. The van der Waals surface area contributed by atoms with Gasteiger partial charge in [0.2, 0.25) is 5.75 Å². The van der Waals surface area contributed by atoms with Crippen molar-refractivity contribution in [3.63, 3.8) is 0 Å². The van der Waals surface area contributed by atoms with Gasteiger partial charge in [-0.3, -0.25) is 4.90 Å². The zero-order chi connectivity index (χ0) is 14.5. The number of rotatable bonds is 5. The van der Waals surface area contributed by atoms with Crippen molar-refractivity contribution >= 4 is 0 Å². The third-order valence-electron chi connectivity index (χ3n) is 3.87. The van der Waals surface area contributed by atoms with E-state index in [0.29, 0.717) is 17.5 Å². The molecule has 0 aliphatic carbocycles. The summed E-state index contributed by atoms with van der Waals surface area (Å²) in [7, 11) is 3.12. The van der Waals surface area contributed by atoms with Crippen LogP contribution < -0.4 is 14.8 Å². The van der Waals surface area contributed by atoms with Crippen molar-refractivity contribution in [3.05, 3.63) is 17.7 Å². The molecule has 0 radical (unpaired) electrons. The quantitative estimate of drug-likeness (QED) is 0.861. The maximum atomic E-state index is 10.0. The minimum Gasteiger partial charge on any atom is -0.502 e. The molecule has 1 aliphatic rings. The Morgan fingerprint density at radius 3 is 2.20 bits per heavy atom. The summed E-state index contributed by atoms with van der Waals surface area (Å²) in [5.74, 6) is 0.995. The lowest BCUT2D eigenvalue weighted by atomic mass is 10.0. The van der Waals surface area contributed by atoms with Gasteiger partial charge < -0.3 is 19.9 Å². The molecule has 1 atom stereocenters. The van der Waals surface area contributed by atoms with Gasteiger partial charge in [0.15, 0.2) is 11.5 Å². The fourth-order valence-corrected chi connectivity index (χ4v) is 2.80. The van der Waals surface area contributed by atoms with Crippen LogP contribution in [0.3, 0.4) is 0 Å². The van der Waals surface area contributed by atoms with Crippen molar-refractivity contribution in [1.82, 2.24) is 10.2 Å². The van der Waals surface area contributed by atoms with E-state index in [1.165, 1.54) is 0 Å². The summed E-state index contributed by atoms with van der Waals surface area (Å²) < 4.78 is 10.5. The Kier molecular flexibility index (Phi) is 5.09. The largest absolute Gasteiger partial charge is 0.502 e. The first-order valence-corrected chi connectivity index (χ1v) is 7.10. The number of benzene rings is 1. The fourth-order valence-electron chi connectivity index (χ4n) is 2.80. The van der Waals surface area contributed by atoms with Crippen LogP contribution in [0.25, 0.3) is 0 Å². The highest BCUT2D eigenvalue weighted by Crippen LogP contribution is 2.40. The van der Waals surface area contributed by atoms with Gasteiger partial charge >= 0.3 is 0 Å². The monoisotopic (exact) mass is 280 g/mol. The van der Waals surface area contributed by atoms with E-state index in [1.54, 1.807) is 14.2 Å². The Bertz CT molecular complexity index is 420. The molecule has 1 aromatic carbocycles. The van der Waals surface area contributed by atoms with Crippen LogP contribution in [0.15, 0.2) is 12.1 Å². The molecule has 1 aromatic rings. The highest BCUT2D eigenvalue weighted by Gasteiger charge is 2.23. The van der Waals surface area contributed by atoms with E-state index in [-0.39, 0.29) is 5.75 Å². The molecule has 0 unspecified atom stereocenters. The van der Waals surface area contributed by atoms with Gasteiger partial charge in [0, 0.05) is 32.2 Å². The Morgan fingerprint density at radius 1 is 1.20 bits per heavy atom. The van der Waals surface area contributed by atoms with Gasteiger partial charge in [-0.2, -0.15) is 0 Å². The Balaban J connectivity index is 2.33.